The molecule has 0 saturated carbocycles. The van der Waals surface area contributed by atoms with E-state index in [0.29, 0.717) is 26.2 Å². The molecule has 0 aliphatic heterocycles. The first-order chi connectivity index (χ1) is 14.7. The van der Waals surface area contributed by atoms with Crippen LogP contribution in [-0.2, 0) is 14.1 Å². The Morgan fingerprint density at radius 2 is 1.77 bits per heavy atom. The molecule has 0 saturated heterocycles. The van der Waals surface area contributed by atoms with Crippen molar-refractivity contribution >= 4 is 50.5 Å². The maximum atomic E-state index is 12.3. The number of aromatic amines is 1. The first kappa shape index (κ1) is 20.9. The summed E-state index contributed by atoms with van der Waals surface area (Å²) in [5.74, 6) is -0.580. The first-order valence-corrected chi connectivity index (χ1v) is 10.1. The van der Waals surface area contributed by atoms with Crippen molar-refractivity contribution in [3.8, 4) is 11.6 Å². The average Bonchev–Trinajstić information content (AvgIpc) is 2.91. The number of rotatable bonds is 3. The minimum absolute atomic E-state index is 0.189. The van der Waals surface area contributed by atoms with Gasteiger partial charge >= 0.3 is 11.4 Å². The van der Waals surface area contributed by atoms with Gasteiger partial charge < -0.3 is 5.11 Å². The molecule has 0 radical (unpaired) electrons. The zero-order valence-corrected chi connectivity index (χ0v) is 18.6. The van der Waals surface area contributed by atoms with Crippen LogP contribution in [0.1, 0.15) is 5.56 Å². The van der Waals surface area contributed by atoms with E-state index in [4.69, 9.17) is 11.6 Å². The molecule has 31 heavy (non-hydrogen) atoms. The zero-order chi connectivity index (χ0) is 22.4. The predicted molar refractivity (Wildman–Crippen MR) is 122 cm³/mol. The molecule has 0 bridgehead atoms. The van der Waals surface area contributed by atoms with Crippen LogP contribution in [0.4, 0.5) is 5.69 Å². The van der Waals surface area contributed by atoms with Crippen LogP contribution in [-0.4, -0.2) is 30.0 Å². The molecule has 2 N–H and O–H groups in total. The van der Waals surface area contributed by atoms with Crippen LogP contribution in [0.5, 0.6) is 5.88 Å². The van der Waals surface area contributed by atoms with Crippen molar-refractivity contribution in [1.82, 2.24) is 18.7 Å². The van der Waals surface area contributed by atoms with Crippen LogP contribution in [0.3, 0.4) is 0 Å². The van der Waals surface area contributed by atoms with E-state index >= 15 is 0 Å². The van der Waals surface area contributed by atoms with Crippen molar-refractivity contribution in [3.05, 3.63) is 82.8 Å². The number of aromatic nitrogens is 4. The van der Waals surface area contributed by atoms with Gasteiger partial charge in [-0.15, -0.1) is 0 Å². The van der Waals surface area contributed by atoms with E-state index < -0.39 is 17.1 Å². The Labute approximate surface area is 187 Å². The number of imidazole rings is 1. The quantitative estimate of drug-likeness (QED) is 0.417. The Kier molecular flexibility index (Phi) is 5.19. The molecule has 2 aromatic heterocycles. The largest absolute Gasteiger partial charge is 0.493 e. The van der Waals surface area contributed by atoms with Crippen molar-refractivity contribution < 1.29 is 5.11 Å². The van der Waals surface area contributed by atoms with Gasteiger partial charge in [-0.1, -0.05) is 17.7 Å². The highest BCUT2D eigenvalue weighted by molar-refractivity contribution is 9.10. The molecule has 0 unspecified atom stereocenters. The van der Waals surface area contributed by atoms with Crippen molar-refractivity contribution in [1.29, 1.82) is 0 Å². The van der Waals surface area contributed by atoms with Gasteiger partial charge in [0.2, 0.25) is 5.88 Å². The molecule has 0 fully saturated rings. The summed E-state index contributed by atoms with van der Waals surface area (Å²) in [5.41, 5.74) is 0.0334. The van der Waals surface area contributed by atoms with Crippen LogP contribution in [0.25, 0.3) is 16.7 Å². The van der Waals surface area contributed by atoms with E-state index in [1.807, 2.05) is 0 Å². The highest BCUT2D eigenvalue weighted by Gasteiger charge is 2.15. The third kappa shape index (κ3) is 3.53. The lowest BCUT2D eigenvalue weighted by atomic mass is 10.2. The second-order valence-electron chi connectivity index (χ2n) is 6.76. The minimum atomic E-state index is -0.816. The molecule has 158 valence electrons. The molecule has 9 nitrogen and oxygen atoms in total. The van der Waals surface area contributed by atoms with Crippen molar-refractivity contribution in [2.75, 3.05) is 0 Å². The van der Waals surface area contributed by atoms with E-state index in [0.717, 1.165) is 10.8 Å². The Balaban J connectivity index is 1.87. The molecular formula is C20H15BrClN5O4. The maximum absolute atomic E-state index is 12.3. The Bertz CT molecular complexity index is 1560. The molecule has 0 aliphatic carbocycles. The third-order valence-corrected chi connectivity index (χ3v) is 5.73. The number of hydrogen-bond donors (Lipinski definition) is 2. The summed E-state index contributed by atoms with van der Waals surface area (Å²) < 4.78 is 4.49. The van der Waals surface area contributed by atoms with Crippen LogP contribution >= 0.6 is 27.5 Å². The second kappa shape index (κ2) is 7.71. The summed E-state index contributed by atoms with van der Waals surface area (Å²) in [4.78, 5) is 43.2. The molecule has 0 atom stereocenters. The fourth-order valence-electron chi connectivity index (χ4n) is 3.25. The van der Waals surface area contributed by atoms with E-state index in [2.05, 4.69) is 25.9 Å². The number of aliphatic imine (C=N–C) groups is 1. The zero-order valence-electron chi connectivity index (χ0n) is 16.3. The van der Waals surface area contributed by atoms with E-state index in [9.17, 15) is 19.5 Å². The standard InChI is InChI=1S/C20H15BrClN5O4/c1-25-15-7-13(21)14(8-16(15)26(2)20(25)31)23-9-12-17(28)24-19(30)27(18(12)29)11-5-3-4-10(22)6-11/h3-9,29H,1-2H3,(H,24,28,30). The normalized spacial score (nSPS) is 11.6. The van der Waals surface area contributed by atoms with Gasteiger partial charge in [0.25, 0.3) is 5.56 Å². The molecule has 0 spiro atoms. The van der Waals surface area contributed by atoms with Crippen LogP contribution in [0.15, 0.2) is 60.2 Å². The summed E-state index contributed by atoms with van der Waals surface area (Å²) >= 11 is 9.39. The number of aromatic hydroxyl groups is 1. The molecule has 0 amide bonds. The minimum Gasteiger partial charge on any atom is -0.493 e. The molecule has 2 heterocycles. The van der Waals surface area contributed by atoms with Crippen molar-refractivity contribution in [3.63, 3.8) is 0 Å². The molecule has 2 aromatic carbocycles. The Morgan fingerprint density at radius 1 is 1.10 bits per heavy atom. The predicted octanol–water partition coefficient (Wildman–Crippen LogP) is 2.59. The van der Waals surface area contributed by atoms with E-state index in [1.165, 1.54) is 15.2 Å². The van der Waals surface area contributed by atoms with Crippen molar-refractivity contribution in [2.45, 2.75) is 0 Å². The lowest BCUT2D eigenvalue weighted by molar-refractivity contribution is 0.430. The van der Waals surface area contributed by atoms with Gasteiger partial charge in [-0.25, -0.2) is 14.2 Å². The van der Waals surface area contributed by atoms with Gasteiger partial charge in [-0.05, 0) is 46.3 Å². The summed E-state index contributed by atoms with van der Waals surface area (Å²) in [5, 5.41) is 11.0. The highest BCUT2D eigenvalue weighted by Crippen LogP contribution is 2.30. The molecule has 11 heteroatoms. The molecule has 0 aliphatic rings. The fourth-order valence-corrected chi connectivity index (χ4v) is 3.87. The van der Waals surface area contributed by atoms with Crippen LogP contribution in [0, 0.1) is 0 Å². The Morgan fingerprint density at radius 3 is 2.45 bits per heavy atom. The average molecular weight is 505 g/mol. The summed E-state index contributed by atoms with van der Waals surface area (Å²) in [7, 11) is 3.31. The Hall–Kier alpha value is -3.37. The number of aryl methyl sites for hydroxylation is 2. The molecular weight excluding hydrogens is 490 g/mol. The lowest BCUT2D eigenvalue weighted by Crippen LogP contribution is -2.31. The summed E-state index contributed by atoms with van der Waals surface area (Å²) in [6.45, 7) is 0. The van der Waals surface area contributed by atoms with Gasteiger partial charge in [-0.3, -0.25) is 23.9 Å². The third-order valence-electron chi connectivity index (χ3n) is 4.86. The fraction of sp³-hybridized carbons (Fsp3) is 0.100. The lowest BCUT2D eigenvalue weighted by Gasteiger charge is -2.10. The van der Waals surface area contributed by atoms with Gasteiger partial charge in [-0.2, -0.15) is 0 Å². The molecule has 4 aromatic rings. The maximum Gasteiger partial charge on any atom is 0.335 e. The molecule has 4 rings (SSSR count). The second-order valence-corrected chi connectivity index (χ2v) is 8.05. The van der Waals surface area contributed by atoms with E-state index in [-0.39, 0.29) is 16.9 Å². The number of H-pyrrole nitrogens is 1. The smallest absolute Gasteiger partial charge is 0.335 e. The van der Waals surface area contributed by atoms with Crippen LogP contribution in [0.2, 0.25) is 5.02 Å². The van der Waals surface area contributed by atoms with Crippen molar-refractivity contribution in [2.24, 2.45) is 19.1 Å². The SMILES string of the molecule is Cn1c(=O)n(C)c2cc(N=Cc3c(O)n(-c4cccc(Cl)c4)c(=O)[nH]c3=O)c(Br)cc21. The summed E-state index contributed by atoms with van der Waals surface area (Å²) in [6.07, 6.45) is 1.15. The van der Waals surface area contributed by atoms with Gasteiger partial charge in [0, 0.05) is 29.8 Å². The summed E-state index contributed by atoms with van der Waals surface area (Å²) in [6, 6.07) is 9.68. The van der Waals surface area contributed by atoms with Crippen LogP contribution < -0.4 is 16.9 Å². The van der Waals surface area contributed by atoms with E-state index in [1.54, 1.807) is 44.4 Å². The highest BCUT2D eigenvalue weighted by atomic mass is 79.9. The number of fused-ring (bicyclic) bond motifs is 1. The number of halogens is 2. The number of nitrogens with one attached hydrogen (secondary N) is 1. The number of nitrogens with zero attached hydrogens (tertiary/aromatic N) is 4. The van der Waals surface area contributed by atoms with Gasteiger partial charge in [0.05, 0.1) is 22.4 Å². The van der Waals surface area contributed by atoms with Gasteiger partial charge in [0.1, 0.15) is 5.56 Å². The van der Waals surface area contributed by atoms with Gasteiger partial charge in [0.15, 0.2) is 0 Å². The topological polar surface area (TPSA) is 114 Å². The first-order valence-electron chi connectivity index (χ1n) is 8.92. The monoisotopic (exact) mass is 503 g/mol. The number of benzene rings is 2. The number of hydrogen-bond acceptors (Lipinski definition) is 5.